The van der Waals surface area contributed by atoms with Gasteiger partial charge in [0, 0.05) is 32.1 Å². The molecule has 5 nitrogen and oxygen atoms in total. The third-order valence-electron chi connectivity index (χ3n) is 3.22. The highest BCUT2D eigenvalue weighted by molar-refractivity contribution is 5.92. The van der Waals surface area contributed by atoms with E-state index in [1.807, 2.05) is 30.3 Å². The molecule has 2 aromatic rings. The molecule has 112 valence electrons. The van der Waals surface area contributed by atoms with Crippen LogP contribution in [0.15, 0.2) is 36.4 Å². The van der Waals surface area contributed by atoms with Gasteiger partial charge in [-0.1, -0.05) is 12.1 Å². The van der Waals surface area contributed by atoms with Gasteiger partial charge in [-0.25, -0.2) is 0 Å². The van der Waals surface area contributed by atoms with Crippen LogP contribution >= 0.6 is 0 Å². The molecule has 5 heteroatoms. The zero-order valence-electron chi connectivity index (χ0n) is 12.4. The SMILES string of the molecule is CN(C)C(=O)c1ccc(CNc2ccc(CCO)cc2)[nH]1. The van der Waals surface area contributed by atoms with E-state index in [1.54, 1.807) is 25.1 Å². The van der Waals surface area contributed by atoms with Crippen LogP contribution in [0, 0.1) is 0 Å². The fraction of sp³-hybridized carbons (Fsp3) is 0.312. The number of nitrogens with zero attached hydrogens (tertiary/aromatic N) is 1. The van der Waals surface area contributed by atoms with Gasteiger partial charge in [0.2, 0.25) is 0 Å². The zero-order chi connectivity index (χ0) is 15.2. The van der Waals surface area contributed by atoms with Crippen molar-refractivity contribution >= 4 is 11.6 Å². The monoisotopic (exact) mass is 287 g/mol. The number of amides is 1. The van der Waals surface area contributed by atoms with Gasteiger partial charge in [0.05, 0.1) is 6.54 Å². The Morgan fingerprint density at radius 2 is 1.90 bits per heavy atom. The molecule has 0 spiro atoms. The van der Waals surface area contributed by atoms with Crippen LogP contribution in [-0.4, -0.2) is 41.6 Å². The number of anilines is 1. The van der Waals surface area contributed by atoms with Gasteiger partial charge in [-0.05, 0) is 36.2 Å². The Morgan fingerprint density at radius 3 is 2.52 bits per heavy atom. The van der Waals surface area contributed by atoms with Gasteiger partial charge in [-0.3, -0.25) is 4.79 Å². The number of aromatic nitrogens is 1. The van der Waals surface area contributed by atoms with Gasteiger partial charge >= 0.3 is 0 Å². The van der Waals surface area contributed by atoms with Crippen LogP contribution in [0.5, 0.6) is 0 Å². The van der Waals surface area contributed by atoms with Crippen LogP contribution < -0.4 is 5.32 Å². The molecule has 0 aliphatic heterocycles. The van der Waals surface area contributed by atoms with E-state index in [0.717, 1.165) is 16.9 Å². The highest BCUT2D eigenvalue weighted by atomic mass is 16.3. The second kappa shape index (κ2) is 6.95. The first-order chi connectivity index (χ1) is 10.1. The number of carbonyl (C=O) groups excluding carboxylic acids is 1. The number of rotatable bonds is 6. The maximum Gasteiger partial charge on any atom is 0.269 e. The quantitative estimate of drug-likeness (QED) is 0.759. The number of aliphatic hydroxyl groups excluding tert-OH is 1. The molecule has 1 heterocycles. The first-order valence-corrected chi connectivity index (χ1v) is 6.93. The van der Waals surface area contributed by atoms with E-state index >= 15 is 0 Å². The largest absolute Gasteiger partial charge is 0.396 e. The molecule has 0 aliphatic carbocycles. The van der Waals surface area contributed by atoms with Gasteiger partial charge in [-0.15, -0.1) is 0 Å². The lowest BCUT2D eigenvalue weighted by Gasteiger charge is -2.08. The summed E-state index contributed by atoms with van der Waals surface area (Å²) in [6.07, 6.45) is 0.674. The smallest absolute Gasteiger partial charge is 0.269 e. The third kappa shape index (κ3) is 4.10. The molecular formula is C16H21N3O2. The van der Waals surface area contributed by atoms with Crippen molar-refractivity contribution in [1.82, 2.24) is 9.88 Å². The van der Waals surface area contributed by atoms with E-state index in [2.05, 4.69) is 10.3 Å². The van der Waals surface area contributed by atoms with Crippen LogP contribution in [0.3, 0.4) is 0 Å². The number of benzene rings is 1. The minimum absolute atomic E-state index is 0.0328. The molecule has 0 aliphatic rings. The minimum atomic E-state index is -0.0328. The first kappa shape index (κ1) is 15.1. The molecule has 21 heavy (non-hydrogen) atoms. The molecule has 0 saturated carbocycles. The van der Waals surface area contributed by atoms with Gasteiger partial charge < -0.3 is 20.3 Å². The van der Waals surface area contributed by atoms with Crippen LogP contribution in [0.1, 0.15) is 21.7 Å². The second-order valence-electron chi connectivity index (χ2n) is 5.12. The van der Waals surface area contributed by atoms with E-state index in [0.29, 0.717) is 18.7 Å². The normalized spacial score (nSPS) is 10.4. The Bertz CT molecular complexity index is 588. The van der Waals surface area contributed by atoms with Crippen molar-refractivity contribution in [3.8, 4) is 0 Å². The van der Waals surface area contributed by atoms with Crippen molar-refractivity contribution < 1.29 is 9.90 Å². The van der Waals surface area contributed by atoms with E-state index in [4.69, 9.17) is 5.11 Å². The van der Waals surface area contributed by atoms with Gasteiger partial charge in [0.15, 0.2) is 0 Å². The fourth-order valence-electron chi connectivity index (χ4n) is 2.02. The van der Waals surface area contributed by atoms with Crippen molar-refractivity contribution in [3.63, 3.8) is 0 Å². The number of nitrogens with one attached hydrogen (secondary N) is 2. The summed E-state index contributed by atoms with van der Waals surface area (Å²) in [5.41, 5.74) is 3.67. The molecule has 0 atom stereocenters. The summed E-state index contributed by atoms with van der Waals surface area (Å²) in [4.78, 5) is 16.4. The summed E-state index contributed by atoms with van der Waals surface area (Å²) in [7, 11) is 3.46. The molecule has 0 radical (unpaired) electrons. The summed E-state index contributed by atoms with van der Waals surface area (Å²) < 4.78 is 0. The average molecular weight is 287 g/mol. The lowest BCUT2D eigenvalue weighted by Crippen LogP contribution is -2.22. The molecular weight excluding hydrogens is 266 g/mol. The topological polar surface area (TPSA) is 68.4 Å². The van der Waals surface area contributed by atoms with Gasteiger partial charge in [0.25, 0.3) is 5.91 Å². The van der Waals surface area contributed by atoms with E-state index in [1.165, 1.54) is 0 Å². The number of hydrogen-bond acceptors (Lipinski definition) is 3. The molecule has 2 rings (SSSR count). The van der Waals surface area contributed by atoms with Crippen LogP contribution in [0.4, 0.5) is 5.69 Å². The minimum Gasteiger partial charge on any atom is -0.396 e. The number of aromatic amines is 1. The van der Waals surface area contributed by atoms with Crippen molar-refractivity contribution in [2.45, 2.75) is 13.0 Å². The predicted octanol–water partition coefficient (Wildman–Crippen LogP) is 1.86. The Labute approximate surface area is 124 Å². The molecule has 1 amide bonds. The van der Waals surface area contributed by atoms with Crippen molar-refractivity contribution in [3.05, 3.63) is 53.3 Å². The Morgan fingerprint density at radius 1 is 1.19 bits per heavy atom. The van der Waals surface area contributed by atoms with E-state index in [9.17, 15) is 4.79 Å². The summed E-state index contributed by atoms with van der Waals surface area (Å²) in [6, 6.07) is 11.7. The molecule has 0 saturated heterocycles. The fourth-order valence-corrected chi connectivity index (χ4v) is 2.02. The molecule has 0 unspecified atom stereocenters. The second-order valence-corrected chi connectivity index (χ2v) is 5.12. The van der Waals surface area contributed by atoms with Crippen LogP contribution in [0.2, 0.25) is 0 Å². The first-order valence-electron chi connectivity index (χ1n) is 6.93. The number of carbonyl (C=O) groups is 1. The molecule has 1 aromatic carbocycles. The predicted molar refractivity (Wildman–Crippen MR) is 83.4 cm³/mol. The zero-order valence-corrected chi connectivity index (χ0v) is 12.4. The summed E-state index contributed by atoms with van der Waals surface area (Å²) in [6.45, 7) is 0.790. The van der Waals surface area contributed by atoms with Gasteiger partial charge in [0.1, 0.15) is 5.69 Å². The number of hydrogen-bond donors (Lipinski definition) is 3. The van der Waals surface area contributed by atoms with Crippen molar-refractivity contribution in [2.75, 3.05) is 26.0 Å². The standard InChI is InChI=1S/C16H21N3O2/c1-19(2)16(21)15-8-7-14(18-15)11-17-13-5-3-12(4-6-13)9-10-20/h3-8,17-18,20H,9-11H2,1-2H3. The summed E-state index contributed by atoms with van der Waals surface area (Å²) >= 11 is 0. The molecule has 0 bridgehead atoms. The summed E-state index contributed by atoms with van der Waals surface area (Å²) in [5, 5.41) is 12.2. The van der Waals surface area contributed by atoms with Crippen molar-refractivity contribution in [2.24, 2.45) is 0 Å². The number of aliphatic hydroxyl groups is 1. The highest BCUT2D eigenvalue weighted by Gasteiger charge is 2.09. The Kier molecular flexibility index (Phi) is 5.00. The van der Waals surface area contributed by atoms with Crippen LogP contribution in [0.25, 0.3) is 0 Å². The van der Waals surface area contributed by atoms with Crippen molar-refractivity contribution in [1.29, 1.82) is 0 Å². The highest BCUT2D eigenvalue weighted by Crippen LogP contribution is 2.12. The molecule has 1 aromatic heterocycles. The van der Waals surface area contributed by atoms with Crippen LogP contribution in [-0.2, 0) is 13.0 Å². The number of H-pyrrole nitrogens is 1. The van der Waals surface area contributed by atoms with E-state index < -0.39 is 0 Å². The third-order valence-corrected chi connectivity index (χ3v) is 3.22. The summed E-state index contributed by atoms with van der Waals surface area (Å²) in [5.74, 6) is -0.0328. The van der Waals surface area contributed by atoms with Gasteiger partial charge in [-0.2, -0.15) is 0 Å². The average Bonchev–Trinajstić information content (AvgIpc) is 2.95. The molecule has 0 fully saturated rings. The Hall–Kier alpha value is -2.27. The maximum absolute atomic E-state index is 11.8. The lowest BCUT2D eigenvalue weighted by molar-refractivity contribution is 0.0822. The molecule has 3 N–H and O–H groups in total. The Balaban J connectivity index is 1.92. The maximum atomic E-state index is 11.8. The lowest BCUT2D eigenvalue weighted by atomic mass is 10.1. The van der Waals surface area contributed by atoms with E-state index in [-0.39, 0.29) is 12.5 Å².